The largest absolute Gasteiger partial charge is 0.481 e. The van der Waals surface area contributed by atoms with Gasteiger partial charge in [-0.3, -0.25) is 14.6 Å². The van der Waals surface area contributed by atoms with Gasteiger partial charge in [0.1, 0.15) is 0 Å². The molecule has 0 bridgehead atoms. The molecule has 1 aromatic heterocycles. The molecule has 0 N–H and O–H groups in total. The lowest BCUT2D eigenvalue weighted by molar-refractivity contribution is -0.120. The van der Waals surface area contributed by atoms with Gasteiger partial charge in [0.25, 0.3) is 0 Å². The van der Waals surface area contributed by atoms with Crippen LogP contribution in [0.4, 0.5) is 5.69 Å². The first-order valence-electron chi connectivity index (χ1n) is 9.56. The Kier molecular flexibility index (Phi) is 5.36. The standard InChI is InChI=1S/C21H26N4O2/c1-27-20-8-4-6-18(22-20)15-23-11-13-24(14-12-23)16-21(26)25-10-9-17-5-2-3-7-19(17)25/h2-8H,9-16H2,1H3. The molecular formula is C21H26N4O2. The molecule has 2 aliphatic heterocycles. The zero-order valence-electron chi connectivity index (χ0n) is 15.8. The van der Waals surface area contributed by atoms with E-state index >= 15 is 0 Å². The molecule has 1 amide bonds. The van der Waals surface area contributed by atoms with Crippen molar-refractivity contribution in [2.24, 2.45) is 0 Å². The maximum Gasteiger partial charge on any atom is 0.241 e. The van der Waals surface area contributed by atoms with E-state index in [1.807, 2.05) is 35.2 Å². The third-order valence-electron chi connectivity index (χ3n) is 5.39. The Morgan fingerprint density at radius 1 is 1.00 bits per heavy atom. The minimum absolute atomic E-state index is 0.211. The number of amides is 1. The van der Waals surface area contributed by atoms with Gasteiger partial charge in [0.15, 0.2) is 0 Å². The van der Waals surface area contributed by atoms with Gasteiger partial charge in [0, 0.05) is 51.0 Å². The number of carbonyl (C=O) groups excluding carboxylic acids is 1. The Morgan fingerprint density at radius 2 is 1.78 bits per heavy atom. The first-order valence-corrected chi connectivity index (χ1v) is 9.56. The van der Waals surface area contributed by atoms with E-state index in [0.29, 0.717) is 12.4 Å². The van der Waals surface area contributed by atoms with Crippen molar-refractivity contribution in [3.8, 4) is 5.88 Å². The number of rotatable bonds is 5. The van der Waals surface area contributed by atoms with Crippen molar-refractivity contribution in [3.05, 3.63) is 53.7 Å². The Morgan fingerprint density at radius 3 is 2.59 bits per heavy atom. The fraction of sp³-hybridized carbons (Fsp3) is 0.429. The Hall–Kier alpha value is -2.44. The quantitative estimate of drug-likeness (QED) is 0.808. The summed E-state index contributed by atoms with van der Waals surface area (Å²) in [5.41, 5.74) is 3.39. The topological polar surface area (TPSA) is 48.9 Å². The predicted octanol–water partition coefficient (Wildman–Crippen LogP) is 1.80. The molecule has 2 aromatic rings. The molecule has 142 valence electrons. The summed E-state index contributed by atoms with van der Waals surface area (Å²) < 4.78 is 5.20. The fourth-order valence-corrected chi connectivity index (χ4v) is 3.87. The number of pyridine rings is 1. The van der Waals surface area contributed by atoms with Crippen LogP contribution >= 0.6 is 0 Å². The molecule has 0 unspecified atom stereocenters. The molecule has 0 spiro atoms. The second-order valence-electron chi connectivity index (χ2n) is 7.15. The third-order valence-corrected chi connectivity index (χ3v) is 5.39. The van der Waals surface area contributed by atoms with Crippen LogP contribution < -0.4 is 9.64 Å². The normalized spacial score (nSPS) is 17.7. The summed E-state index contributed by atoms with van der Waals surface area (Å²) in [6.07, 6.45) is 0.962. The van der Waals surface area contributed by atoms with E-state index in [4.69, 9.17) is 4.74 Å². The number of hydrogen-bond donors (Lipinski definition) is 0. The molecule has 3 heterocycles. The molecule has 0 radical (unpaired) electrons. The predicted molar refractivity (Wildman–Crippen MR) is 105 cm³/mol. The average molecular weight is 366 g/mol. The smallest absolute Gasteiger partial charge is 0.241 e. The third kappa shape index (κ3) is 4.12. The van der Waals surface area contributed by atoms with Crippen LogP contribution in [0.5, 0.6) is 5.88 Å². The second kappa shape index (κ2) is 8.06. The van der Waals surface area contributed by atoms with Crippen LogP contribution in [0, 0.1) is 0 Å². The van der Waals surface area contributed by atoms with Crippen molar-refractivity contribution in [2.45, 2.75) is 13.0 Å². The molecule has 0 aliphatic carbocycles. The minimum atomic E-state index is 0.211. The number of fused-ring (bicyclic) bond motifs is 1. The SMILES string of the molecule is COc1cccc(CN2CCN(CC(=O)N3CCc4ccccc43)CC2)n1. The van der Waals surface area contributed by atoms with Gasteiger partial charge in [-0.1, -0.05) is 24.3 Å². The van der Waals surface area contributed by atoms with E-state index < -0.39 is 0 Å². The van der Waals surface area contributed by atoms with Crippen molar-refractivity contribution in [1.82, 2.24) is 14.8 Å². The summed E-state index contributed by atoms with van der Waals surface area (Å²) in [5.74, 6) is 0.866. The van der Waals surface area contributed by atoms with Crippen molar-refractivity contribution in [1.29, 1.82) is 0 Å². The Labute approximate surface area is 160 Å². The van der Waals surface area contributed by atoms with Crippen LogP contribution in [0.2, 0.25) is 0 Å². The molecule has 6 heteroatoms. The number of methoxy groups -OCH3 is 1. The summed E-state index contributed by atoms with van der Waals surface area (Å²) >= 11 is 0. The van der Waals surface area contributed by atoms with Crippen molar-refractivity contribution < 1.29 is 9.53 Å². The van der Waals surface area contributed by atoms with E-state index in [1.165, 1.54) is 5.56 Å². The average Bonchev–Trinajstić information content (AvgIpc) is 3.14. The highest BCUT2D eigenvalue weighted by Gasteiger charge is 2.26. The summed E-state index contributed by atoms with van der Waals surface area (Å²) in [6, 6.07) is 14.1. The first-order chi connectivity index (χ1) is 13.2. The van der Waals surface area contributed by atoms with Crippen molar-refractivity contribution in [3.63, 3.8) is 0 Å². The van der Waals surface area contributed by atoms with Crippen LogP contribution in [0.25, 0.3) is 0 Å². The van der Waals surface area contributed by atoms with Gasteiger partial charge in [-0.05, 0) is 24.1 Å². The van der Waals surface area contributed by atoms with Crippen LogP contribution in [-0.4, -0.2) is 67.1 Å². The molecule has 1 saturated heterocycles. The molecule has 1 fully saturated rings. The molecule has 0 atom stereocenters. The molecule has 0 saturated carbocycles. The van der Waals surface area contributed by atoms with E-state index in [0.717, 1.165) is 57.1 Å². The Bertz CT molecular complexity index is 802. The number of carbonyl (C=O) groups is 1. The number of hydrogen-bond acceptors (Lipinski definition) is 5. The van der Waals surface area contributed by atoms with E-state index in [9.17, 15) is 4.79 Å². The summed E-state index contributed by atoms with van der Waals surface area (Å²) in [5, 5.41) is 0. The van der Waals surface area contributed by atoms with Crippen LogP contribution in [0.1, 0.15) is 11.3 Å². The van der Waals surface area contributed by atoms with Crippen LogP contribution in [0.15, 0.2) is 42.5 Å². The highest BCUT2D eigenvalue weighted by molar-refractivity contribution is 5.96. The molecule has 1 aromatic carbocycles. The lowest BCUT2D eigenvalue weighted by atomic mass is 10.2. The van der Waals surface area contributed by atoms with E-state index in [2.05, 4.69) is 26.9 Å². The van der Waals surface area contributed by atoms with Gasteiger partial charge in [-0.25, -0.2) is 4.98 Å². The number of para-hydroxylation sites is 1. The lowest BCUT2D eigenvalue weighted by Gasteiger charge is -2.34. The second-order valence-corrected chi connectivity index (χ2v) is 7.15. The number of anilines is 1. The number of benzene rings is 1. The maximum atomic E-state index is 12.8. The minimum Gasteiger partial charge on any atom is -0.481 e. The number of nitrogens with zero attached hydrogens (tertiary/aromatic N) is 4. The monoisotopic (exact) mass is 366 g/mol. The van der Waals surface area contributed by atoms with Gasteiger partial charge in [-0.2, -0.15) is 0 Å². The highest BCUT2D eigenvalue weighted by atomic mass is 16.5. The maximum absolute atomic E-state index is 12.8. The van der Waals surface area contributed by atoms with Gasteiger partial charge in [0.05, 0.1) is 19.3 Å². The number of ether oxygens (including phenoxy) is 1. The molecule has 6 nitrogen and oxygen atoms in total. The molecule has 27 heavy (non-hydrogen) atoms. The van der Waals surface area contributed by atoms with Crippen molar-refractivity contribution in [2.75, 3.05) is 51.3 Å². The zero-order valence-corrected chi connectivity index (χ0v) is 15.8. The molecular weight excluding hydrogens is 340 g/mol. The summed E-state index contributed by atoms with van der Waals surface area (Å²) in [7, 11) is 1.64. The highest BCUT2D eigenvalue weighted by Crippen LogP contribution is 2.27. The number of aromatic nitrogens is 1. The van der Waals surface area contributed by atoms with E-state index in [1.54, 1.807) is 7.11 Å². The first kappa shape index (κ1) is 17.9. The lowest BCUT2D eigenvalue weighted by Crippen LogP contribution is -2.49. The van der Waals surface area contributed by atoms with Gasteiger partial charge >= 0.3 is 0 Å². The van der Waals surface area contributed by atoms with Gasteiger partial charge in [-0.15, -0.1) is 0 Å². The van der Waals surface area contributed by atoms with Gasteiger partial charge < -0.3 is 9.64 Å². The van der Waals surface area contributed by atoms with Crippen molar-refractivity contribution >= 4 is 11.6 Å². The zero-order chi connectivity index (χ0) is 18.6. The van der Waals surface area contributed by atoms with Crippen LogP contribution in [0.3, 0.4) is 0 Å². The summed E-state index contributed by atoms with van der Waals surface area (Å²) in [4.78, 5) is 23.8. The van der Waals surface area contributed by atoms with Crippen LogP contribution in [-0.2, 0) is 17.8 Å². The summed E-state index contributed by atoms with van der Waals surface area (Å²) in [6.45, 7) is 5.83. The molecule has 2 aliphatic rings. The molecule has 4 rings (SSSR count). The van der Waals surface area contributed by atoms with Gasteiger partial charge in [0.2, 0.25) is 11.8 Å². The Balaban J connectivity index is 1.28. The fourth-order valence-electron chi connectivity index (χ4n) is 3.87. The van der Waals surface area contributed by atoms with E-state index in [-0.39, 0.29) is 5.91 Å². The number of piperazine rings is 1.